The number of nitrogens with one attached hydrogen (secondary N) is 2. The highest BCUT2D eigenvalue weighted by atomic mass is 32.2. The number of benzene rings is 1. The highest BCUT2D eigenvalue weighted by molar-refractivity contribution is 8.01. The van der Waals surface area contributed by atoms with E-state index in [1.165, 1.54) is 23.1 Å². The molecule has 0 saturated heterocycles. The third kappa shape index (κ3) is 8.73. The molecule has 3 N–H and O–H groups in total. The number of carboxylic acids is 1. The van der Waals surface area contributed by atoms with E-state index in [4.69, 9.17) is 0 Å². The van der Waals surface area contributed by atoms with E-state index in [2.05, 4.69) is 29.5 Å². The number of carbonyl (C=O) groups excluding carboxylic acids is 1. The van der Waals surface area contributed by atoms with E-state index in [0.29, 0.717) is 6.54 Å². The van der Waals surface area contributed by atoms with Gasteiger partial charge in [-0.25, -0.2) is 4.98 Å². The summed E-state index contributed by atoms with van der Waals surface area (Å²) in [7, 11) is 0. The SMILES string of the molecule is CCCCNC(=O)C(CSc1nc2ccccc2s1)C(=O)O.CCNCC. The van der Waals surface area contributed by atoms with Crippen LogP contribution in [-0.2, 0) is 9.59 Å². The molecule has 0 bridgehead atoms. The van der Waals surface area contributed by atoms with Crippen molar-refractivity contribution in [3.05, 3.63) is 24.3 Å². The number of aromatic nitrogens is 1. The molecule has 1 aromatic heterocycles. The Morgan fingerprint density at radius 1 is 1.22 bits per heavy atom. The first-order valence-electron chi connectivity index (χ1n) is 9.23. The van der Waals surface area contributed by atoms with Crippen molar-refractivity contribution in [3.8, 4) is 0 Å². The molecule has 1 heterocycles. The maximum atomic E-state index is 11.9. The number of amides is 1. The van der Waals surface area contributed by atoms with Crippen molar-refractivity contribution in [1.82, 2.24) is 15.6 Å². The van der Waals surface area contributed by atoms with Crippen molar-refractivity contribution >= 4 is 45.2 Å². The zero-order valence-electron chi connectivity index (χ0n) is 16.2. The zero-order valence-corrected chi connectivity index (χ0v) is 17.8. The smallest absolute Gasteiger partial charge is 0.316 e. The van der Waals surface area contributed by atoms with E-state index in [-0.39, 0.29) is 5.75 Å². The molecule has 2 rings (SSSR count). The Morgan fingerprint density at radius 2 is 1.93 bits per heavy atom. The number of carboxylic acid groups (broad SMARTS) is 1. The summed E-state index contributed by atoms with van der Waals surface area (Å²) >= 11 is 2.83. The van der Waals surface area contributed by atoms with Gasteiger partial charge in [0.1, 0.15) is 5.92 Å². The van der Waals surface area contributed by atoms with Gasteiger partial charge in [0, 0.05) is 12.3 Å². The van der Waals surface area contributed by atoms with Crippen LogP contribution >= 0.6 is 23.1 Å². The minimum absolute atomic E-state index is 0.188. The van der Waals surface area contributed by atoms with Crippen molar-refractivity contribution in [1.29, 1.82) is 0 Å². The van der Waals surface area contributed by atoms with Crippen LogP contribution in [0.4, 0.5) is 0 Å². The topological polar surface area (TPSA) is 91.3 Å². The Bertz CT molecular complexity index is 671. The largest absolute Gasteiger partial charge is 0.481 e. The van der Waals surface area contributed by atoms with Gasteiger partial charge in [0.05, 0.1) is 10.2 Å². The van der Waals surface area contributed by atoms with Crippen LogP contribution < -0.4 is 10.6 Å². The molecule has 0 saturated carbocycles. The number of aliphatic carboxylic acids is 1. The van der Waals surface area contributed by atoms with Gasteiger partial charge in [-0.15, -0.1) is 11.3 Å². The number of para-hydroxylation sites is 1. The molecular weight excluding hydrogens is 382 g/mol. The first-order valence-corrected chi connectivity index (χ1v) is 11.0. The second-order valence-electron chi connectivity index (χ2n) is 5.75. The van der Waals surface area contributed by atoms with Crippen molar-refractivity contribution < 1.29 is 14.7 Å². The number of hydrogen-bond acceptors (Lipinski definition) is 6. The van der Waals surface area contributed by atoms with Crippen LogP contribution in [0.3, 0.4) is 0 Å². The summed E-state index contributed by atoms with van der Waals surface area (Å²) in [4.78, 5) is 27.6. The molecule has 0 aliphatic carbocycles. The molecule has 0 fully saturated rings. The highest BCUT2D eigenvalue weighted by Gasteiger charge is 2.26. The van der Waals surface area contributed by atoms with E-state index in [1.807, 2.05) is 31.2 Å². The molecule has 8 heteroatoms. The lowest BCUT2D eigenvalue weighted by atomic mass is 10.1. The predicted molar refractivity (Wildman–Crippen MR) is 114 cm³/mol. The first-order chi connectivity index (χ1) is 13.0. The number of rotatable bonds is 10. The maximum Gasteiger partial charge on any atom is 0.316 e. The average Bonchev–Trinajstić information content (AvgIpc) is 3.06. The van der Waals surface area contributed by atoms with Crippen LogP contribution in [-0.4, -0.2) is 47.4 Å². The lowest BCUT2D eigenvalue weighted by Crippen LogP contribution is -2.37. The summed E-state index contributed by atoms with van der Waals surface area (Å²) in [5.41, 5.74) is 0.897. The maximum absolute atomic E-state index is 11.9. The van der Waals surface area contributed by atoms with Gasteiger partial charge in [-0.3, -0.25) is 9.59 Å². The third-order valence-corrected chi connectivity index (χ3v) is 5.86. The van der Waals surface area contributed by atoms with E-state index in [0.717, 1.165) is 40.5 Å². The van der Waals surface area contributed by atoms with Crippen LogP contribution in [0.15, 0.2) is 28.6 Å². The summed E-state index contributed by atoms with van der Waals surface area (Å²) in [6.07, 6.45) is 1.81. The fourth-order valence-corrected chi connectivity index (χ4v) is 4.26. The Balaban J connectivity index is 0.000000646. The molecule has 150 valence electrons. The van der Waals surface area contributed by atoms with Gasteiger partial charge in [0.25, 0.3) is 0 Å². The Hall–Kier alpha value is -1.64. The lowest BCUT2D eigenvalue weighted by molar-refractivity contribution is -0.145. The standard InChI is InChI=1S/C15H18N2O3S2.C4H11N/c1-2-3-8-16-13(18)10(14(19)20)9-21-15-17-11-6-4-5-7-12(11)22-15;1-3-5-4-2/h4-7,10H,2-3,8-9H2,1H3,(H,16,18)(H,19,20);5H,3-4H2,1-2H3. The number of nitrogens with zero attached hydrogens (tertiary/aromatic N) is 1. The minimum Gasteiger partial charge on any atom is -0.481 e. The molecule has 0 radical (unpaired) electrons. The molecule has 0 aliphatic rings. The molecule has 1 aromatic carbocycles. The van der Waals surface area contributed by atoms with E-state index in [1.54, 1.807) is 0 Å². The molecule has 2 aromatic rings. The van der Waals surface area contributed by atoms with Crippen molar-refractivity contribution in [2.45, 2.75) is 38.0 Å². The van der Waals surface area contributed by atoms with Crippen molar-refractivity contribution in [2.24, 2.45) is 5.92 Å². The van der Waals surface area contributed by atoms with Crippen LogP contribution in [0.25, 0.3) is 10.2 Å². The van der Waals surface area contributed by atoms with E-state index in [9.17, 15) is 14.7 Å². The number of thioether (sulfide) groups is 1. The average molecular weight is 412 g/mol. The second kappa shape index (κ2) is 13.5. The van der Waals surface area contributed by atoms with Crippen LogP contribution in [0.5, 0.6) is 0 Å². The number of fused-ring (bicyclic) bond motifs is 1. The zero-order chi connectivity index (χ0) is 20.1. The second-order valence-corrected chi connectivity index (χ2v) is 8.05. The monoisotopic (exact) mass is 411 g/mol. The van der Waals surface area contributed by atoms with Gasteiger partial charge in [-0.2, -0.15) is 0 Å². The number of unbranched alkanes of at least 4 members (excludes halogenated alkanes) is 1. The van der Waals surface area contributed by atoms with Gasteiger partial charge in [0.2, 0.25) is 5.91 Å². The number of carbonyl (C=O) groups is 2. The fourth-order valence-electron chi connectivity index (χ4n) is 2.09. The summed E-state index contributed by atoms with van der Waals surface area (Å²) in [5, 5.41) is 15.0. The molecule has 6 nitrogen and oxygen atoms in total. The van der Waals surface area contributed by atoms with Crippen molar-refractivity contribution in [2.75, 3.05) is 25.4 Å². The predicted octanol–water partition coefficient (Wildman–Crippen LogP) is 3.62. The van der Waals surface area contributed by atoms with Gasteiger partial charge in [-0.1, -0.05) is 51.1 Å². The highest BCUT2D eigenvalue weighted by Crippen LogP contribution is 2.30. The van der Waals surface area contributed by atoms with Crippen LogP contribution in [0.1, 0.15) is 33.6 Å². The molecule has 1 amide bonds. The number of thiazole rings is 1. The van der Waals surface area contributed by atoms with E-state index >= 15 is 0 Å². The molecular formula is C19H29N3O3S2. The third-order valence-electron chi connectivity index (χ3n) is 3.59. The first kappa shape index (κ1) is 23.4. The van der Waals surface area contributed by atoms with Gasteiger partial charge < -0.3 is 15.7 Å². The van der Waals surface area contributed by atoms with Gasteiger partial charge in [0.15, 0.2) is 4.34 Å². The Morgan fingerprint density at radius 3 is 2.48 bits per heavy atom. The van der Waals surface area contributed by atoms with Crippen molar-refractivity contribution in [3.63, 3.8) is 0 Å². The molecule has 0 aliphatic heterocycles. The quantitative estimate of drug-likeness (QED) is 0.314. The van der Waals surface area contributed by atoms with Crippen LogP contribution in [0.2, 0.25) is 0 Å². The molecule has 0 spiro atoms. The van der Waals surface area contributed by atoms with Crippen LogP contribution in [0, 0.1) is 5.92 Å². The minimum atomic E-state index is -1.09. The Labute approximate surface area is 169 Å². The summed E-state index contributed by atoms with van der Waals surface area (Å²) in [6, 6.07) is 7.75. The molecule has 1 atom stereocenters. The summed E-state index contributed by atoms with van der Waals surface area (Å²) in [6.45, 7) is 8.93. The summed E-state index contributed by atoms with van der Waals surface area (Å²) in [5.74, 6) is -2.38. The Kier molecular flexibility index (Phi) is 11.7. The lowest BCUT2D eigenvalue weighted by Gasteiger charge is -2.11. The van der Waals surface area contributed by atoms with Gasteiger partial charge >= 0.3 is 5.97 Å². The fraction of sp³-hybridized carbons (Fsp3) is 0.526. The van der Waals surface area contributed by atoms with E-state index < -0.39 is 17.8 Å². The normalized spacial score (nSPS) is 11.5. The molecule has 27 heavy (non-hydrogen) atoms. The van der Waals surface area contributed by atoms with Gasteiger partial charge in [-0.05, 0) is 31.6 Å². The molecule has 1 unspecified atom stereocenters. The summed E-state index contributed by atoms with van der Waals surface area (Å²) < 4.78 is 1.85. The number of hydrogen-bond donors (Lipinski definition) is 3.